The number of rotatable bonds is 3. The van der Waals surface area contributed by atoms with Crippen LogP contribution in [0.3, 0.4) is 0 Å². The Morgan fingerprint density at radius 2 is 1.86 bits per heavy atom. The van der Waals surface area contributed by atoms with Crippen molar-refractivity contribution in [3.63, 3.8) is 0 Å². The third-order valence-corrected chi connectivity index (χ3v) is 3.75. The second kappa shape index (κ2) is 4.94. The number of hydrogen-bond donors (Lipinski definition) is 2. The van der Waals surface area contributed by atoms with E-state index in [1.165, 1.54) is 16.5 Å². The Labute approximate surface area is 122 Å². The molecule has 0 unspecified atom stereocenters. The molecule has 0 fully saturated rings. The predicted octanol–water partition coefficient (Wildman–Crippen LogP) is 4.33. The van der Waals surface area contributed by atoms with Crippen molar-refractivity contribution in [3.8, 4) is 0 Å². The van der Waals surface area contributed by atoms with E-state index in [1.54, 1.807) is 0 Å². The Morgan fingerprint density at radius 1 is 0.952 bits per heavy atom. The Kier molecular flexibility index (Phi) is 2.82. The second-order valence-corrected chi connectivity index (χ2v) is 5.13. The Bertz CT molecular complexity index is 908. The first-order valence-electron chi connectivity index (χ1n) is 7.04. The van der Waals surface area contributed by atoms with Crippen LogP contribution in [-0.2, 0) is 6.54 Å². The van der Waals surface area contributed by atoms with Gasteiger partial charge in [-0.2, -0.15) is 0 Å². The normalized spacial score (nSPS) is 11.0. The zero-order chi connectivity index (χ0) is 14.1. The molecule has 2 heterocycles. The van der Waals surface area contributed by atoms with Crippen LogP contribution in [0.2, 0.25) is 0 Å². The molecule has 3 heteroatoms. The Balaban J connectivity index is 1.61. The van der Waals surface area contributed by atoms with Gasteiger partial charge in [-0.15, -0.1) is 0 Å². The average molecular weight is 273 g/mol. The first-order chi connectivity index (χ1) is 10.4. The largest absolute Gasteiger partial charge is 0.380 e. The minimum atomic E-state index is 0.776. The summed E-state index contributed by atoms with van der Waals surface area (Å²) in [7, 11) is 0. The van der Waals surface area contributed by atoms with Gasteiger partial charge in [0.15, 0.2) is 0 Å². The summed E-state index contributed by atoms with van der Waals surface area (Å²) in [6.07, 6.45) is 3.86. The molecule has 0 amide bonds. The number of hydrogen-bond acceptors (Lipinski definition) is 2. The average Bonchev–Trinajstić information content (AvgIpc) is 3.02. The lowest BCUT2D eigenvalue weighted by molar-refractivity contribution is 1.15. The van der Waals surface area contributed by atoms with Gasteiger partial charge in [0.1, 0.15) is 0 Å². The monoisotopic (exact) mass is 273 g/mol. The first kappa shape index (κ1) is 12.0. The minimum absolute atomic E-state index is 0.776. The lowest BCUT2D eigenvalue weighted by atomic mass is 10.1. The van der Waals surface area contributed by atoms with E-state index in [2.05, 4.69) is 51.7 Å². The van der Waals surface area contributed by atoms with Crippen LogP contribution in [0.25, 0.3) is 21.8 Å². The highest BCUT2D eigenvalue weighted by atomic mass is 14.9. The number of nitrogens with zero attached hydrogens (tertiary/aromatic N) is 1. The molecule has 2 N–H and O–H groups in total. The summed E-state index contributed by atoms with van der Waals surface area (Å²) in [5, 5.41) is 5.85. The van der Waals surface area contributed by atoms with E-state index in [0.717, 1.165) is 23.1 Å². The maximum atomic E-state index is 4.48. The molecular weight excluding hydrogens is 258 g/mol. The lowest BCUT2D eigenvalue weighted by Gasteiger charge is -2.08. The van der Waals surface area contributed by atoms with E-state index in [0.29, 0.717) is 0 Å². The smallest absolute Gasteiger partial charge is 0.0703 e. The maximum Gasteiger partial charge on any atom is 0.0703 e. The third-order valence-electron chi connectivity index (χ3n) is 3.75. The van der Waals surface area contributed by atoms with Gasteiger partial charge in [0.2, 0.25) is 0 Å². The van der Waals surface area contributed by atoms with Crippen molar-refractivity contribution in [2.24, 2.45) is 0 Å². The van der Waals surface area contributed by atoms with E-state index in [1.807, 2.05) is 30.6 Å². The Morgan fingerprint density at radius 3 is 2.86 bits per heavy atom. The number of anilines is 1. The summed E-state index contributed by atoms with van der Waals surface area (Å²) < 4.78 is 0. The molecule has 3 nitrogen and oxygen atoms in total. The molecule has 2 aromatic carbocycles. The predicted molar refractivity (Wildman–Crippen MR) is 87.4 cm³/mol. The standard InChI is InChI=1S/C18H15N3/c1-2-7-17-14(4-1)10-16(12-21-17)20-11-15-6-3-5-13-8-9-19-18(13)15/h1-10,12,19-20H,11H2. The van der Waals surface area contributed by atoms with Gasteiger partial charge in [-0.3, -0.25) is 4.98 Å². The van der Waals surface area contributed by atoms with Gasteiger partial charge < -0.3 is 10.3 Å². The number of fused-ring (bicyclic) bond motifs is 2. The molecule has 0 radical (unpaired) electrons. The molecule has 0 bridgehead atoms. The number of H-pyrrole nitrogens is 1. The number of aromatic nitrogens is 2. The van der Waals surface area contributed by atoms with Gasteiger partial charge in [0, 0.05) is 18.1 Å². The van der Waals surface area contributed by atoms with E-state index in [-0.39, 0.29) is 0 Å². The summed E-state index contributed by atoms with van der Waals surface area (Å²) in [5.41, 5.74) is 4.51. The van der Waals surface area contributed by atoms with Gasteiger partial charge in [-0.25, -0.2) is 0 Å². The van der Waals surface area contributed by atoms with E-state index in [4.69, 9.17) is 0 Å². The highest BCUT2D eigenvalue weighted by molar-refractivity contribution is 5.83. The van der Waals surface area contributed by atoms with Gasteiger partial charge in [-0.05, 0) is 29.1 Å². The third kappa shape index (κ3) is 2.23. The summed E-state index contributed by atoms with van der Waals surface area (Å²) in [4.78, 5) is 7.77. The zero-order valence-electron chi connectivity index (χ0n) is 11.5. The SMILES string of the molecule is c1ccc2ncc(NCc3cccc4cc[nH]c34)cc2c1. The minimum Gasteiger partial charge on any atom is -0.380 e. The van der Waals surface area contributed by atoms with Crippen molar-refractivity contribution < 1.29 is 0 Å². The topological polar surface area (TPSA) is 40.7 Å². The summed E-state index contributed by atoms with van der Waals surface area (Å²) in [6.45, 7) is 0.776. The highest BCUT2D eigenvalue weighted by Gasteiger charge is 2.02. The molecular formula is C18H15N3. The van der Waals surface area contributed by atoms with Crippen molar-refractivity contribution in [3.05, 3.63) is 72.6 Å². The van der Waals surface area contributed by atoms with Crippen LogP contribution in [-0.4, -0.2) is 9.97 Å². The molecule has 0 spiro atoms. The molecule has 4 aromatic rings. The van der Waals surface area contributed by atoms with Gasteiger partial charge in [-0.1, -0.05) is 36.4 Å². The van der Waals surface area contributed by atoms with Crippen molar-refractivity contribution in [2.75, 3.05) is 5.32 Å². The van der Waals surface area contributed by atoms with Crippen molar-refractivity contribution in [2.45, 2.75) is 6.54 Å². The van der Waals surface area contributed by atoms with Gasteiger partial charge >= 0.3 is 0 Å². The molecule has 102 valence electrons. The summed E-state index contributed by atoms with van der Waals surface area (Å²) in [6, 6.07) is 18.7. The summed E-state index contributed by atoms with van der Waals surface area (Å²) in [5.74, 6) is 0. The highest BCUT2D eigenvalue weighted by Crippen LogP contribution is 2.20. The van der Waals surface area contributed by atoms with Crippen LogP contribution in [0.1, 0.15) is 5.56 Å². The molecule has 0 aliphatic heterocycles. The summed E-state index contributed by atoms with van der Waals surface area (Å²) >= 11 is 0. The van der Waals surface area contributed by atoms with Gasteiger partial charge in [0.25, 0.3) is 0 Å². The molecule has 0 atom stereocenters. The number of benzene rings is 2. The van der Waals surface area contributed by atoms with Crippen LogP contribution >= 0.6 is 0 Å². The van der Waals surface area contributed by atoms with Crippen LogP contribution in [0.4, 0.5) is 5.69 Å². The molecule has 0 aliphatic rings. The molecule has 0 aliphatic carbocycles. The second-order valence-electron chi connectivity index (χ2n) is 5.13. The van der Waals surface area contributed by atoms with Gasteiger partial charge in [0.05, 0.1) is 22.9 Å². The van der Waals surface area contributed by atoms with E-state index >= 15 is 0 Å². The van der Waals surface area contributed by atoms with Crippen molar-refractivity contribution >= 4 is 27.5 Å². The fourth-order valence-electron chi connectivity index (χ4n) is 2.66. The van der Waals surface area contributed by atoms with Crippen LogP contribution in [0.15, 0.2) is 67.0 Å². The fourth-order valence-corrected chi connectivity index (χ4v) is 2.66. The Hall–Kier alpha value is -2.81. The molecule has 2 aromatic heterocycles. The lowest BCUT2D eigenvalue weighted by Crippen LogP contribution is -2.00. The molecule has 0 saturated carbocycles. The van der Waals surface area contributed by atoms with Crippen molar-refractivity contribution in [1.82, 2.24) is 9.97 Å². The number of para-hydroxylation sites is 2. The van der Waals surface area contributed by atoms with E-state index < -0.39 is 0 Å². The molecule has 21 heavy (non-hydrogen) atoms. The molecule has 0 saturated heterocycles. The number of nitrogens with one attached hydrogen (secondary N) is 2. The quantitative estimate of drug-likeness (QED) is 0.583. The number of aromatic amines is 1. The fraction of sp³-hybridized carbons (Fsp3) is 0.0556. The number of pyridine rings is 1. The zero-order valence-corrected chi connectivity index (χ0v) is 11.5. The van der Waals surface area contributed by atoms with Crippen LogP contribution in [0, 0.1) is 0 Å². The molecule has 4 rings (SSSR count). The van der Waals surface area contributed by atoms with Crippen LogP contribution < -0.4 is 5.32 Å². The maximum absolute atomic E-state index is 4.48. The first-order valence-corrected chi connectivity index (χ1v) is 7.04. The van der Waals surface area contributed by atoms with Crippen molar-refractivity contribution in [1.29, 1.82) is 0 Å². The van der Waals surface area contributed by atoms with Crippen LogP contribution in [0.5, 0.6) is 0 Å². The van der Waals surface area contributed by atoms with E-state index in [9.17, 15) is 0 Å².